The Morgan fingerprint density at radius 1 is 1.14 bits per heavy atom. The molecule has 1 amide bonds. The fourth-order valence-electron chi connectivity index (χ4n) is 2.93. The van der Waals surface area contributed by atoms with E-state index in [1.165, 1.54) is 0 Å². The zero-order valence-electron chi connectivity index (χ0n) is 17.2. The van der Waals surface area contributed by atoms with Crippen LogP contribution in [0.2, 0.25) is 0 Å². The first-order valence-corrected chi connectivity index (χ1v) is 9.71. The molecule has 2 aromatic carbocycles. The van der Waals surface area contributed by atoms with Gasteiger partial charge in [0.25, 0.3) is 5.91 Å². The third-order valence-electron chi connectivity index (χ3n) is 4.23. The van der Waals surface area contributed by atoms with Crippen molar-refractivity contribution in [2.75, 3.05) is 16.8 Å². The molecule has 150 valence electrons. The first-order chi connectivity index (χ1) is 14.0. The summed E-state index contributed by atoms with van der Waals surface area (Å²) >= 11 is 0. The maximum Gasteiger partial charge on any atom is 0.277 e. The maximum absolute atomic E-state index is 13.0. The largest absolute Gasteiger partial charge is 0.491 e. The number of ether oxygens (including phenoxy) is 1. The SMILES string of the molecule is CCN(C(=O)c1ccnc(Nc2ccc(OC(C)C)cc2)n1)c1cccc(C)c1. The molecule has 0 fully saturated rings. The number of carbonyl (C=O) groups excluding carboxylic acids is 1. The van der Waals surface area contributed by atoms with E-state index in [9.17, 15) is 4.79 Å². The molecule has 1 aromatic heterocycles. The second-order valence-electron chi connectivity index (χ2n) is 6.97. The number of rotatable bonds is 7. The minimum atomic E-state index is -0.163. The van der Waals surface area contributed by atoms with Crippen LogP contribution in [-0.4, -0.2) is 28.5 Å². The van der Waals surface area contributed by atoms with E-state index in [0.29, 0.717) is 18.2 Å². The van der Waals surface area contributed by atoms with Crippen LogP contribution in [-0.2, 0) is 0 Å². The van der Waals surface area contributed by atoms with Crippen LogP contribution in [0.15, 0.2) is 60.8 Å². The summed E-state index contributed by atoms with van der Waals surface area (Å²) in [6.07, 6.45) is 1.71. The Labute approximate surface area is 171 Å². The number of hydrogen-bond donors (Lipinski definition) is 1. The number of benzene rings is 2. The van der Waals surface area contributed by atoms with Crippen LogP contribution in [0, 0.1) is 6.92 Å². The van der Waals surface area contributed by atoms with Gasteiger partial charge in [0.2, 0.25) is 5.95 Å². The van der Waals surface area contributed by atoms with Gasteiger partial charge in [0.15, 0.2) is 0 Å². The molecule has 0 aliphatic heterocycles. The Kier molecular flexibility index (Phi) is 6.44. The number of carbonyl (C=O) groups is 1. The molecule has 6 nitrogen and oxygen atoms in total. The lowest BCUT2D eigenvalue weighted by Gasteiger charge is -2.21. The molecule has 0 radical (unpaired) electrons. The average Bonchev–Trinajstić information content (AvgIpc) is 2.70. The number of aromatic nitrogens is 2. The van der Waals surface area contributed by atoms with E-state index in [-0.39, 0.29) is 12.0 Å². The van der Waals surface area contributed by atoms with Crippen molar-refractivity contribution >= 4 is 23.2 Å². The van der Waals surface area contributed by atoms with Crippen molar-refractivity contribution in [3.63, 3.8) is 0 Å². The van der Waals surface area contributed by atoms with Crippen LogP contribution < -0.4 is 15.0 Å². The first-order valence-electron chi connectivity index (χ1n) is 9.71. The van der Waals surface area contributed by atoms with Crippen molar-refractivity contribution in [3.05, 3.63) is 72.1 Å². The fraction of sp³-hybridized carbons (Fsp3) is 0.261. The van der Waals surface area contributed by atoms with Gasteiger partial charge in [-0.15, -0.1) is 0 Å². The molecular weight excluding hydrogens is 364 g/mol. The number of amides is 1. The molecule has 0 bridgehead atoms. The highest BCUT2D eigenvalue weighted by Gasteiger charge is 2.18. The monoisotopic (exact) mass is 390 g/mol. The molecule has 6 heteroatoms. The quantitative estimate of drug-likeness (QED) is 0.616. The molecular formula is C23H26N4O2. The van der Waals surface area contributed by atoms with Crippen molar-refractivity contribution in [2.45, 2.75) is 33.8 Å². The minimum absolute atomic E-state index is 0.120. The maximum atomic E-state index is 13.0. The van der Waals surface area contributed by atoms with E-state index < -0.39 is 0 Å². The number of nitrogens with zero attached hydrogens (tertiary/aromatic N) is 3. The lowest BCUT2D eigenvalue weighted by atomic mass is 10.2. The summed E-state index contributed by atoms with van der Waals surface area (Å²) in [5.41, 5.74) is 3.11. The van der Waals surface area contributed by atoms with Gasteiger partial charge in [-0.05, 0) is 75.7 Å². The van der Waals surface area contributed by atoms with Crippen molar-refractivity contribution in [1.82, 2.24) is 9.97 Å². The first kappa shape index (κ1) is 20.3. The summed E-state index contributed by atoms with van der Waals surface area (Å²) in [4.78, 5) is 23.4. The van der Waals surface area contributed by atoms with Crippen molar-refractivity contribution < 1.29 is 9.53 Å². The Hall–Kier alpha value is -3.41. The van der Waals surface area contributed by atoms with Crippen molar-refractivity contribution in [3.8, 4) is 5.75 Å². The van der Waals surface area contributed by atoms with E-state index >= 15 is 0 Å². The molecule has 0 saturated heterocycles. The molecule has 0 aliphatic rings. The molecule has 3 rings (SSSR count). The second-order valence-corrected chi connectivity index (χ2v) is 6.97. The average molecular weight is 390 g/mol. The molecule has 3 aromatic rings. The van der Waals surface area contributed by atoms with E-state index in [4.69, 9.17) is 4.74 Å². The highest BCUT2D eigenvalue weighted by Crippen LogP contribution is 2.21. The highest BCUT2D eigenvalue weighted by molar-refractivity contribution is 6.04. The van der Waals surface area contributed by atoms with Crippen LogP contribution >= 0.6 is 0 Å². The smallest absolute Gasteiger partial charge is 0.277 e. The molecule has 0 atom stereocenters. The van der Waals surface area contributed by atoms with Gasteiger partial charge in [-0.25, -0.2) is 9.97 Å². The Morgan fingerprint density at radius 3 is 2.55 bits per heavy atom. The summed E-state index contributed by atoms with van der Waals surface area (Å²) in [5.74, 6) is 1.00. The molecule has 1 heterocycles. The van der Waals surface area contributed by atoms with Gasteiger partial charge in [0.1, 0.15) is 11.4 Å². The van der Waals surface area contributed by atoms with E-state index in [0.717, 1.165) is 22.7 Å². The number of hydrogen-bond acceptors (Lipinski definition) is 5. The number of anilines is 3. The van der Waals surface area contributed by atoms with Gasteiger partial charge >= 0.3 is 0 Å². The zero-order valence-corrected chi connectivity index (χ0v) is 17.2. The predicted octanol–water partition coefficient (Wildman–Crippen LogP) is 4.98. The predicted molar refractivity (Wildman–Crippen MR) is 116 cm³/mol. The summed E-state index contributed by atoms with van der Waals surface area (Å²) < 4.78 is 5.65. The fourth-order valence-corrected chi connectivity index (χ4v) is 2.93. The van der Waals surface area contributed by atoms with Crippen LogP contribution in [0.3, 0.4) is 0 Å². The third-order valence-corrected chi connectivity index (χ3v) is 4.23. The van der Waals surface area contributed by atoms with Gasteiger partial charge in [-0.2, -0.15) is 0 Å². The van der Waals surface area contributed by atoms with E-state index in [1.807, 2.05) is 76.2 Å². The third kappa shape index (κ3) is 5.31. The Balaban J connectivity index is 1.77. The molecule has 0 saturated carbocycles. The summed E-state index contributed by atoms with van der Waals surface area (Å²) in [5, 5.41) is 3.14. The van der Waals surface area contributed by atoms with Gasteiger partial charge in [0.05, 0.1) is 6.10 Å². The minimum Gasteiger partial charge on any atom is -0.491 e. The van der Waals surface area contributed by atoms with Crippen molar-refractivity contribution in [1.29, 1.82) is 0 Å². The van der Waals surface area contributed by atoms with Crippen LogP contribution in [0.1, 0.15) is 36.8 Å². The van der Waals surface area contributed by atoms with Crippen LogP contribution in [0.4, 0.5) is 17.3 Å². The Bertz CT molecular complexity index is 971. The van der Waals surface area contributed by atoms with E-state index in [2.05, 4.69) is 15.3 Å². The lowest BCUT2D eigenvalue weighted by Crippen LogP contribution is -2.31. The van der Waals surface area contributed by atoms with Gasteiger partial charge in [-0.3, -0.25) is 4.79 Å². The molecule has 0 spiro atoms. The summed E-state index contributed by atoms with van der Waals surface area (Å²) in [7, 11) is 0. The summed E-state index contributed by atoms with van der Waals surface area (Å²) in [6.45, 7) is 8.47. The number of nitrogens with one attached hydrogen (secondary N) is 1. The van der Waals surface area contributed by atoms with Gasteiger partial charge < -0.3 is 15.0 Å². The number of aryl methyl sites for hydroxylation is 1. The second kappa shape index (κ2) is 9.19. The van der Waals surface area contributed by atoms with Gasteiger partial charge in [-0.1, -0.05) is 12.1 Å². The highest BCUT2D eigenvalue weighted by atomic mass is 16.5. The molecule has 29 heavy (non-hydrogen) atoms. The van der Waals surface area contributed by atoms with Crippen LogP contribution in [0.5, 0.6) is 5.75 Å². The van der Waals surface area contributed by atoms with E-state index in [1.54, 1.807) is 17.2 Å². The standard InChI is InChI=1S/C23H26N4O2/c1-5-27(19-8-6-7-17(4)15-19)22(28)21-13-14-24-23(26-21)25-18-9-11-20(12-10-18)29-16(2)3/h6-16H,5H2,1-4H3,(H,24,25,26). The molecule has 0 unspecified atom stereocenters. The van der Waals surface area contributed by atoms with Crippen molar-refractivity contribution in [2.24, 2.45) is 0 Å². The Morgan fingerprint density at radius 2 is 1.90 bits per heavy atom. The summed E-state index contributed by atoms with van der Waals surface area (Å²) in [6, 6.07) is 17.0. The molecule has 1 N–H and O–H groups in total. The van der Waals surface area contributed by atoms with Crippen LogP contribution in [0.25, 0.3) is 0 Å². The van der Waals surface area contributed by atoms with Gasteiger partial charge in [0, 0.05) is 24.1 Å². The topological polar surface area (TPSA) is 67.4 Å². The zero-order chi connectivity index (χ0) is 20.8. The normalized spacial score (nSPS) is 10.7. The molecule has 0 aliphatic carbocycles. The lowest BCUT2D eigenvalue weighted by molar-refractivity contribution is 0.0983.